The Balaban J connectivity index is 1.12. The zero-order valence-corrected chi connectivity index (χ0v) is 22.1. The minimum Gasteiger partial charge on any atom is -0.488 e. The first kappa shape index (κ1) is 25.6. The van der Waals surface area contributed by atoms with E-state index in [0.29, 0.717) is 41.6 Å². The van der Waals surface area contributed by atoms with Crippen LogP contribution in [0.15, 0.2) is 72.9 Å². The number of carbonyl (C=O) groups is 2. The van der Waals surface area contributed by atoms with E-state index in [1.54, 1.807) is 6.07 Å². The van der Waals surface area contributed by atoms with Crippen LogP contribution >= 0.6 is 0 Å². The molecule has 3 heterocycles. The third-order valence-corrected chi connectivity index (χ3v) is 7.73. The number of carbonyl (C=O) groups excluding carboxylic acids is 1. The molecule has 1 saturated carbocycles. The number of benzene rings is 2. The highest BCUT2D eigenvalue weighted by Crippen LogP contribution is 2.35. The number of ether oxygens (including phenoxy) is 1. The van der Waals surface area contributed by atoms with Crippen LogP contribution in [-0.4, -0.2) is 49.7 Å². The van der Waals surface area contributed by atoms with Crippen LogP contribution in [-0.2, 0) is 11.4 Å². The van der Waals surface area contributed by atoms with E-state index < -0.39 is 5.97 Å². The molecule has 0 unspecified atom stereocenters. The maximum Gasteiger partial charge on any atom is 0.341 e. The molecule has 4 aromatic rings. The summed E-state index contributed by atoms with van der Waals surface area (Å²) in [6, 6.07) is 21.6. The molecule has 9 heteroatoms. The highest BCUT2D eigenvalue weighted by Gasteiger charge is 2.35. The van der Waals surface area contributed by atoms with Crippen LogP contribution in [0, 0.1) is 5.92 Å². The minimum absolute atomic E-state index is 0.0161. The van der Waals surface area contributed by atoms with Gasteiger partial charge in [0.1, 0.15) is 23.7 Å². The van der Waals surface area contributed by atoms with Gasteiger partial charge in [-0.15, -0.1) is 0 Å². The van der Waals surface area contributed by atoms with Crippen LogP contribution in [0.1, 0.15) is 53.1 Å². The van der Waals surface area contributed by atoms with Crippen molar-refractivity contribution in [1.29, 1.82) is 0 Å². The van der Waals surface area contributed by atoms with Gasteiger partial charge in [-0.05, 0) is 67.0 Å². The largest absolute Gasteiger partial charge is 0.488 e. The Morgan fingerprint density at radius 3 is 2.40 bits per heavy atom. The third kappa shape index (κ3) is 5.27. The molecule has 9 nitrogen and oxygen atoms in total. The molecule has 0 radical (unpaired) electrons. The number of aromatic carboxylic acids is 1. The van der Waals surface area contributed by atoms with E-state index >= 15 is 0 Å². The minimum atomic E-state index is -1.14. The number of hydrogen-bond acceptors (Lipinski definition) is 6. The second kappa shape index (κ2) is 10.8. The summed E-state index contributed by atoms with van der Waals surface area (Å²) in [5, 5.41) is 13.4. The molecule has 0 bridgehead atoms. The van der Waals surface area contributed by atoms with Crippen LogP contribution < -0.4 is 10.5 Å². The van der Waals surface area contributed by atoms with Gasteiger partial charge >= 0.3 is 5.97 Å². The van der Waals surface area contributed by atoms with Crippen molar-refractivity contribution in [3.63, 3.8) is 0 Å². The lowest BCUT2D eigenvalue weighted by Gasteiger charge is -2.32. The monoisotopic (exact) mass is 537 g/mol. The fourth-order valence-electron chi connectivity index (χ4n) is 5.27. The highest BCUT2D eigenvalue weighted by atomic mass is 16.5. The van der Waals surface area contributed by atoms with Crippen molar-refractivity contribution in [1.82, 2.24) is 19.7 Å². The molecule has 6 rings (SSSR count). The molecule has 40 heavy (non-hydrogen) atoms. The van der Waals surface area contributed by atoms with Crippen molar-refractivity contribution in [2.75, 3.05) is 18.8 Å². The number of likely N-dealkylation sites (tertiary alicyclic amines) is 1. The van der Waals surface area contributed by atoms with Crippen LogP contribution in [0.4, 0.5) is 5.82 Å². The van der Waals surface area contributed by atoms with E-state index in [1.807, 2.05) is 36.4 Å². The average Bonchev–Trinajstić information content (AvgIpc) is 3.77. The zero-order valence-electron chi connectivity index (χ0n) is 22.1. The number of amides is 1. The molecule has 0 spiro atoms. The zero-order chi connectivity index (χ0) is 27.6. The summed E-state index contributed by atoms with van der Waals surface area (Å²) >= 11 is 0. The number of para-hydroxylation sites is 1. The van der Waals surface area contributed by atoms with Crippen LogP contribution in [0.25, 0.3) is 17.1 Å². The molecule has 1 saturated heterocycles. The number of nitrogens with two attached hydrogens (primary N) is 1. The van der Waals surface area contributed by atoms with Crippen molar-refractivity contribution < 1.29 is 19.4 Å². The number of nitrogen functional groups attached to an aromatic ring is 1. The SMILES string of the molecule is Nc1c(C(=O)O)cnn1-c1cccc(-c2ccccc2OCc2ccc(C3CCN(C(=O)C4CC4)CC3)cc2)n1. The van der Waals surface area contributed by atoms with E-state index in [9.17, 15) is 14.7 Å². The Hall–Kier alpha value is -4.66. The Kier molecular flexibility index (Phi) is 6.94. The van der Waals surface area contributed by atoms with Gasteiger partial charge in [-0.25, -0.2) is 9.78 Å². The fraction of sp³-hybridized carbons (Fsp3) is 0.290. The summed E-state index contributed by atoms with van der Waals surface area (Å²) in [6.07, 6.45) is 5.36. The summed E-state index contributed by atoms with van der Waals surface area (Å²) in [6.45, 7) is 2.11. The summed E-state index contributed by atoms with van der Waals surface area (Å²) in [4.78, 5) is 30.4. The number of carboxylic acids is 1. The molecular weight excluding hydrogens is 506 g/mol. The number of anilines is 1. The molecule has 2 aliphatic rings. The Morgan fingerprint density at radius 2 is 1.70 bits per heavy atom. The Labute approximate surface area is 232 Å². The van der Waals surface area contributed by atoms with Crippen LogP contribution in [0.5, 0.6) is 5.75 Å². The number of nitrogens with zero attached hydrogens (tertiary/aromatic N) is 4. The highest BCUT2D eigenvalue weighted by molar-refractivity contribution is 5.92. The molecular formula is C31H31N5O4. The van der Waals surface area contributed by atoms with E-state index in [4.69, 9.17) is 10.5 Å². The van der Waals surface area contributed by atoms with Gasteiger partial charge in [-0.3, -0.25) is 4.79 Å². The maximum atomic E-state index is 12.3. The van der Waals surface area contributed by atoms with Crippen molar-refractivity contribution in [3.05, 3.63) is 89.6 Å². The number of hydrogen-bond donors (Lipinski definition) is 2. The van der Waals surface area contributed by atoms with Gasteiger partial charge < -0.3 is 20.5 Å². The molecule has 1 amide bonds. The van der Waals surface area contributed by atoms with Gasteiger partial charge in [0.2, 0.25) is 5.91 Å². The quantitative estimate of drug-likeness (QED) is 0.327. The molecule has 2 fully saturated rings. The smallest absolute Gasteiger partial charge is 0.341 e. The summed E-state index contributed by atoms with van der Waals surface area (Å²) in [5.41, 5.74) is 9.75. The molecule has 1 aliphatic heterocycles. The van der Waals surface area contributed by atoms with Crippen molar-refractivity contribution in [2.24, 2.45) is 5.92 Å². The first-order valence-corrected chi connectivity index (χ1v) is 13.6. The van der Waals surface area contributed by atoms with Gasteiger partial charge in [0.05, 0.1) is 11.9 Å². The molecule has 3 N–H and O–H groups in total. The molecule has 1 aliphatic carbocycles. The van der Waals surface area contributed by atoms with Gasteiger partial charge in [-0.1, -0.05) is 42.5 Å². The van der Waals surface area contributed by atoms with E-state index in [0.717, 1.165) is 49.9 Å². The third-order valence-electron chi connectivity index (χ3n) is 7.73. The lowest BCUT2D eigenvalue weighted by molar-refractivity contribution is -0.133. The maximum absolute atomic E-state index is 12.3. The van der Waals surface area contributed by atoms with E-state index in [2.05, 4.69) is 39.2 Å². The second-order valence-corrected chi connectivity index (χ2v) is 10.4. The number of pyridine rings is 1. The average molecular weight is 538 g/mol. The summed E-state index contributed by atoms with van der Waals surface area (Å²) < 4.78 is 7.54. The van der Waals surface area contributed by atoms with Crippen molar-refractivity contribution in [3.8, 4) is 22.8 Å². The lowest BCUT2D eigenvalue weighted by Crippen LogP contribution is -2.38. The van der Waals surface area contributed by atoms with Gasteiger partial charge in [0, 0.05) is 24.6 Å². The molecule has 2 aromatic carbocycles. The standard InChI is InChI=1S/C31H31N5O4/c32-29-25(31(38)39)18-33-36(29)28-7-3-5-26(34-28)24-4-1-2-6-27(24)40-19-20-8-10-21(11-9-20)22-14-16-35(17-15-22)30(37)23-12-13-23/h1-11,18,22-23H,12-17,19,32H2,(H,38,39). The first-order valence-electron chi connectivity index (χ1n) is 13.6. The molecule has 204 valence electrons. The van der Waals surface area contributed by atoms with Crippen molar-refractivity contribution >= 4 is 17.7 Å². The Bertz CT molecular complexity index is 1540. The number of piperidine rings is 1. The number of carboxylic acid groups (broad SMARTS) is 1. The number of aromatic nitrogens is 3. The van der Waals surface area contributed by atoms with E-state index in [1.165, 1.54) is 16.4 Å². The molecule has 0 atom stereocenters. The van der Waals surface area contributed by atoms with Gasteiger partial charge in [0.25, 0.3) is 0 Å². The Morgan fingerprint density at radius 1 is 0.950 bits per heavy atom. The normalized spacial score (nSPS) is 15.7. The summed E-state index contributed by atoms with van der Waals surface area (Å²) in [5.74, 6) is 1.10. The van der Waals surface area contributed by atoms with Gasteiger partial charge in [-0.2, -0.15) is 9.78 Å². The first-order chi connectivity index (χ1) is 19.5. The van der Waals surface area contributed by atoms with Crippen LogP contribution in [0.3, 0.4) is 0 Å². The second-order valence-electron chi connectivity index (χ2n) is 10.4. The predicted molar refractivity (Wildman–Crippen MR) is 150 cm³/mol. The van der Waals surface area contributed by atoms with Crippen LogP contribution in [0.2, 0.25) is 0 Å². The van der Waals surface area contributed by atoms with E-state index in [-0.39, 0.29) is 11.4 Å². The van der Waals surface area contributed by atoms with Crippen molar-refractivity contribution in [2.45, 2.75) is 38.2 Å². The lowest BCUT2D eigenvalue weighted by atomic mass is 9.89. The topological polar surface area (TPSA) is 124 Å². The number of rotatable bonds is 8. The fourth-order valence-corrected chi connectivity index (χ4v) is 5.27. The predicted octanol–water partition coefficient (Wildman–Crippen LogP) is 4.91. The van der Waals surface area contributed by atoms with Gasteiger partial charge in [0.15, 0.2) is 5.82 Å². The summed E-state index contributed by atoms with van der Waals surface area (Å²) in [7, 11) is 0. The molecule has 2 aromatic heterocycles.